The summed E-state index contributed by atoms with van der Waals surface area (Å²) in [6.45, 7) is 3.90. The molecule has 2 aromatic heterocycles. The molecule has 0 aromatic carbocycles. The van der Waals surface area contributed by atoms with Crippen molar-refractivity contribution >= 4 is 29.9 Å². The third-order valence-corrected chi connectivity index (χ3v) is 3.07. The summed E-state index contributed by atoms with van der Waals surface area (Å²) in [5.41, 5.74) is 3.48. The van der Waals surface area contributed by atoms with Gasteiger partial charge in [-0.2, -0.15) is 8.42 Å². The van der Waals surface area contributed by atoms with Crippen LogP contribution in [0.4, 0.5) is 0 Å². The first-order valence-corrected chi connectivity index (χ1v) is 12.0. The van der Waals surface area contributed by atoms with Crippen molar-refractivity contribution < 1.29 is 26.1 Å². The lowest BCUT2D eigenvalue weighted by Crippen LogP contribution is -2.03. The van der Waals surface area contributed by atoms with Gasteiger partial charge >= 0.3 is 0 Å². The molecule has 27 heavy (non-hydrogen) atoms. The number of pyridine rings is 2. The number of aliphatic hydroxyl groups is 1. The molecule has 0 fully saturated rings. The molecule has 1 N–H and O–H groups in total. The Morgan fingerprint density at radius 2 is 1.33 bits per heavy atom. The molecule has 0 atom stereocenters. The highest BCUT2D eigenvalue weighted by Gasteiger charge is 2.02. The minimum atomic E-state index is -3.37. The Balaban J connectivity index is 0.000000419. The third kappa shape index (κ3) is 17.6. The number of rotatable bonds is 4. The second kappa shape index (κ2) is 12.0. The molecule has 2 heterocycles. The summed E-state index contributed by atoms with van der Waals surface area (Å²) in [5.74, 6) is 0. The number of aliphatic hydroxyl groups excluding tert-OH is 1. The molecule has 0 aliphatic carbocycles. The van der Waals surface area contributed by atoms with Crippen LogP contribution in [0.3, 0.4) is 0 Å². The fraction of sp³-hybridized carbons (Fsp3) is 0.375. The second-order valence-electron chi connectivity index (χ2n) is 5.46. The molecule has 0 aliphatic heterocycles. The van der Waals surface area contributed by atoms with E-state index in [4.69, 9.17) is 5.11 Å². The van der Waals surface area contributed by atoms with Gasteiger partial charge in [-0.05, 0) is 37.1 Å². The van der Waals surface area contributed by atoms with Gasteiger partial charge in [0.15, 0.2) is 0 Å². The number of hydrogen-bond donors (Lipinski definition) is 1. The predicted molar refractivity (Wildman–Crippen MR) is 104 cm³/mol. The second-order valence-corrected chi connectivity index (χ2v) is 10.1. The van der Waals surface area contributed by atoms with Crippen LogP contribution in [0.25, 0.3) is 0 Å². The smallest absolute Gasteiger partial charge is 0.264 e. The quantitative estimate of drug-likeness (QED) is 0.567. The molecule has 0 amide bonds. The molecule has 0 radical (unpaired) electrons. The summed E-state index contributed by atoms with van der Waals surface area (Å²) in [7, 11) is -2.06. The first-order valence-electron chi connectivity index (χ1n) is 7.48. The van der Waals surface area contributed by atoms with Crippen molar-refractivity contribution in [2.45, 2.75) is 27.1 Å². The highest BCUT2D eigenvalue weighted by molar-refractivity contribution is 8.13. The lowest BCUT2D eigenvalue weighted by molar-refractivity contribution is 0.277. The molecule has 2 rings (SSSR count). The number of halogens is 1. The Morgan fingerprint density at radius 1 is 0.926 bits per heavy atom. The van der Waals surface area contributed by atoms with Crippen molar-refractivity contribution in [1.82, 2.24) is 9.97 Å². The van der Waals surface area contributed by atoms with Gasteiger partial charge in [0.25, 0.3) is 10.1 Å². The van der Waals surface area contributed by atoms with Crippen molar-refractivity contribution in [2.75, 3.05) is 12.5 Å². The number of nitrogens with zero attached hydrogens (tertiary/aromatic N) is 2. The lowest BCUT2D eigenvalue weighted by Gasteiger charge is -2.00. The highest BCUT2D eigenvalue weighted by Crippen LogP contribution is 2.01. The molecule has 152 valence electrons. The average molecular weight is 439 g/mol. The van der Waals surface area contributed by atoms with Crippen molar-refractivity contribution in [1.29, 1.82) is 0 Å². The number of hydrogen-bond acceptors (Lipinski definition) is 8. The Hall–Kier alpha value is -1.59. The van der Waals surface area contributed by atoms with Crippen molar-refractivity contribution in [2.24, 2.45) is 0 Å². The Bertz CT molecular complexity index is 876. The van der Waals surface area contributed by atoms with E-state index < -0.39 is 19.2 Å². The minimum Gasteiger partial charge on any atom is -0.390 e. The van der Waals surface area contributed by atoms with Gasteiger partial charge in [-0.3, -0.25) is 14.2 Å². The molecule has 0 saturated carbocycles. The first-order chi connectivity index (χ1) is 12.3. The van der Waals surface area contributed by atoms with E-state index in [0.29, 0.717) is 5.69 Å². The van der Waals surface area contributed by atoms with Gasteiger partial charge in [-0.25, -0.2) is 8.42 Å². The van der Waals surface area contributed by atoms with Crippen LogP contribution in [-0.4, -0.2) is 44.4 Å². The van der Waals surface area contributed by atoms with E-state index >= 15 is 0 Å². The Morgan fingerprint density at radius 3 is 1.63 bits per heavy atom. The maximum atomic E-state index is 10.6. The van der Waals surface area contributed by atoms with E-state index in [9.17, 15) is 16.8 Å². The van der Waals surface area contributed by atoms with Crippen molar-refractivity contribution in [3.63, 3.8) is 0 Å². The van der Waals surface area contributed by atoms with Gasteiger partial charge in [0.2, 0.25) is 9.05 Å². The first kappa shape index (κ1) is 25.4. The van der Waals surface area contributed by atoms with E-state index in [1.54, 1.807) is 18.5 Å². The molecule has 0 saturated heterocycles. The van der Waals surface area contributed by atoms with Crippen LogP contribution >= 0.6 is 10.7 Å². The molecule has 0 spiro atoms. The van der Waals surface area contributed by atoms with Crippen molar-refractivity contribution in [3.8, 4) is 0 Å². The largest absolute Gasteiger partial charge is 0.390 e. The molecular weight excluding hydrogens is 416 g/mol. The predicted octanol–water partition coefficient (Wildman–Crippen LogP) is 1.93. The zero-order valence-corrected chi connectivity index (χ0v) is 17.8. The third-order valence-electron chi connectivity index (χ3n) is 2.53. The highest BCUT2D eigenvalue weighted by atomic mass is 35.7. The molecular formula is C16H23ClN2O6S2. The maximum absolute atomic E-state index is 10.6. The van der Waals surface area contributed by atoms with Crippen molar-refractivity contribution in [3.05, 3.63) is 59.2 Å². The zero-order valence-electron chi connectivity index (χ0n) is 15.5. The van der Waals surface area contributed by atoms with Crippen LogP contribution in [0.15, 0.2) is 36.7 Å². The summed E-state index contributed by atoms with van der Waals surface area (Å²) in [4.78, 5) is 7.94. The van der Waals surface area contributed by atoms with E-state index in [0.717, 1.165) is 29.3 Å². The summed E-state index contributed by atoms with van der Waals surface area (Å²) < 4.78 is 44.6. The lowest BCUT2D eigenvalue weighted by atomic mass is 10.3. The number of aromatic nitrogens is 2. The molecule has 11 heteroatoms. The van der Waals surface area contributed by atoms with Crippen LogP contribution < -0.4 is 0 Å². The van der Waals surface area contributed by atoms with Crippen LogP contribution in [0, 0.1) is 13.8 Å². The average Bonchev–Trinajstić information content (AvgIpc) is 2.53. The zero-order chi connectivity index (χ0) is 21.1. The van der Waals surface area contributed by atoms with Gasteiger partial charge in [-0.1, -0.05) is 12.1 Å². The fourth-order valence-electron chi connectivity index (χ4n) is 1.34. The van der Waals surface area contributed by atoms with E-state index in [1.807, 2.05) is 32.0 Å². The summed E-state index contributed by atoms with van der Waals surface area (Å²) in [5, 5.41) is 8.57. The molecule has 0 unspecified atom stereocenters. The summed E-state index contributed by atoms with van der Waals surface area (Å²) in [6.07, 6.45) is 5.35. The summed E-state index contributed by atoms with van der Waals surface area (Å²) >= 11 is 0. The normalized spacial score (nSPS) is 10.9. The monoisotopic (exact) mass is 438 g/mol. The van der Waals surface area contributed by atoms with Crippen LogP contribution in [0.1, 0.15) is 22.5 Å². The SMILES string of the molecule is CS(=O)(=O)Cl.Cc1ccc(CO)nc1.Cc1ccc(COS(C)(=O)=O)nc1. The van der Waals surface area contributed by atoms with Gasteiger partial charge in [0.05, 0.1) is 30.5 Å². The van der Waals surface area contributed by atoms with E-state index in [2.05, 4.69) is 24.8 Å². The topological polar surface area (TPSA) is 124 Å². The van der Waals surface area contributed by atoms with Gasteiger partial charge in [-0.15, -0.1) is 0 Å². The molecule has 0 bridgehead atoms. The maximum Gasteiger partial charge on any atom is 0.264 e. The van der Waals surface area contributed by atoms with Crippen LogP contribution in [0.5, 0.6) is 0 Å². The standard InChI is InChI=1S/C8H11NO3S.C7H9NO.CH3ClO2S/c1-7-3-4-8(9-5-7)6-12-13(2,10)11;1-6-2-3-7(5-9)8-4-6;1-5(2,3)4/h3-5H,6H2,1-2H3;2-4,9H,5H2,1H3;1H3. The molecule has 2 aromatic rings. The van der Waals surface area contributed by atoms with Gasteiger partial charge < -0.3 is 5.11 Å². The molecule has 8 nitrogen and oxygen atoms in total. The minimum absolute atomic E-state index is 0.000880. The number of aryl methyl sites for hydroxylation is 2. The van der Waals surface area contributed by atoms with Crippen LogP contribution in [0.2, 0.25) is 0 Å². The van der Waals surface area contributed by atoms with Gasteiger partial charge in [0.1, 0.15) is 6.61 Å². The Kier molecular flexibility index (Phi) is 11.3. The van der Waals surface area contributed by atoms with E-state index in [-0.39, 0.29) is 13.2 Å². The fourth-order valence-corrected chi connectivity index (χ4v) is 1.68. The van der Waals surface area contributed by atoms with Crippen LogP contribution in [-0.2, 0) is 36.6 Å². The molecule has 0 aliphatic rings. The van der Waals surface area contributed by atoms with Gasteiger partial charge in [0, 0.05) is 23.1 Å². The van der Waals surface area contributed by atoms with E-state index in [1.165, 1.54) is 0 Å². The Labute approximate surface area is 164 Å². The summed E-state index contributed by atoms with van der Waals surface area (Å²) in [6, 6.07) is 7.34.